The molecule has 8 heteroatoms. The molecule has 21 heavy (non-hydrogen) atoms. The number of anilines is 1. The zero-order valence-corrected chi connectivity index (χ0v) is 13.5. The molecule has 1 N–H and O–H groups in total. The van der Waals surface area contributed by atoms with Crippen LogP contribution in [0.5, 0.6) is 0 Å². The van der Waals surface area contributed by atoms with Crippen LogP contribution in [0.2, 0.25) is 0 Å². The van der Waals surface area contributed by atoms with E-state index < -0.39 is 10.2 Å². The number of nitrogens with one attached hydrogen (secondary N) is 1. The molecule has 0 radical (unpaired) electrons. The van der Waals surface area contributed by atoms with Crippen molar-refractivity contribution in [2.45, 2.75) is 0 Å². The second kappa shape index (κ2) is 7.39. The number of methoxy groups -OCH3 is 1. The maximum Gasteiger partial charge on any atom is 0.303 e. The Kier molecular flexibility index (Phi) is 6.13. The van der Waals surface area contributed by atoms with E-state index in [0.29, 0.717) is 24.4 Å². The van der Waals surface area contributed by atoms with Gasteiger partial charge in [-0.25, -0.2) is 0 Å². The first-order chi connectivity index (χ1) is 9.80. The highest BCUT2D eigenvalue weighted by atomic mass is 32.2. The zero-order chi connectivity index (χ0) is 16.0. The van der Waals surface area contributed by atoms with Crippen LogP contribution in [0.25, 0.3) is 0 Å². The van der Waals surface area contributed by atoms with Gasteiger partial charge in [-0.1, -0.05) is 0 Å². The Morgan fingerprint density at radius 1 is 1.19 bits per heavy atom. The van der Waals surface area contributed by atoms with Crippen LogP contribution in [0.1, 0.15) is 10.4 Å². The van der Waals surface area contributed by atoms with E-state index in [-0.39, 0.29) is 5.91 Å². The van der Waals surface area contributed by atoms with Gasteiger partial charge < -0.3 is 10.1 Å². The topological polar surface area (TPSA) is 79.0 Å². The summed E-state index contributed by atoms with van der Waals surface area (Å²) in [6.45, 7) is 0.861. The largest absolute Gasteiger partial charge is 0.383 e. The van der Waals surface area contributed by atoms with Crippen LogP contribution in [0.4, 0.5) is 5.69 Å². The number of hydrogen-bond donors (Lipinski definition) is 1. The minimum Gasteiger partial charge on any atom is -0.383 e. The van der Waals surface area contributed by atoms with E-state index in [1.54, 1.807) is 31.4 Å². The Bertz CT molecular complexity index is 570. The molecule has 0 bridgehead atoms. The standard InChI is InChI=1S/C13H21N3O4S/c1-15(2)21(18,19)16(3)12-7-5-11(6-8-12)13(17)14-9-10-20-4/h5-8H,9-10H2,1-4H3,(H,14,17). The van der Waals surface area contributed by atoms with Gasteiger partial charge in [-0.15, -0.1) is 0 Å². The lowest BCUT2D eigenvalue weighted by Crippen LogP contribution is -2.37. The molecule has 0 spiro atoms. The summed E-state index contributed by atoms with van der Waals surface area (Å²) >= 11 is 0. The van der Waals surface area contributed by atoms with E-state index in [2.05, 4.69) is 5.32 Å². The highest BCUT2D eigenvalue weighted by Crippen LogP contribution is 2.18. The molecule has 0 aliphatic heterocycles. The second-order valence-electron chi connectivity index (χ2n) is 4.55. The lowest BCUT2D eigenvalue weighted by molar-refractivity contribution is 0.0937. The summed E-state index contributed by atoms with van der Waals surface area (Å²) in [4.78, 5) is 11.8. The normalized spacial score (nSPS) is 11.5. The van der Waals surface area contributed by atoms with E-state index in [4.69, 9.17) is 4.74 Å². The van der Waals surface area contributed by atoms with Crippen LogP contribution in [0, 0.1) is 0 Å². The van der Waals surface area contributed by atoms with Gasteiger partial charge in [0.25, 0.3) is 5.91 Å². The quantitative estimate of drug-likeness (QED) is 0.734. The molecule has 0 atom stereocenters. The van der Waals surface area contributed by atoms with E-state index in [1.807, 2.05) is 0 Å². The van der Waals surface area contributed by atoms with Crippen molar-refractivity contribution in [3.05, 3.63) is 29.8 Å². The molecular weight excluding hydrogens is 294 g/mol. The summed E-state index contributed by atoms with van der Waals surface area (Å²) in [5.74, 6) is -0.225. The summed E-state index contributed by atoms with van der Waals surface area (Å²) < 4.78 is 31.1. The summed E-state index contributed by atoms with van der Waals surface area (Å²) in [6, 6.07) is 6.34. The molecule has 0 aliphatic rings. The minimum atomic E-state index is -3.53. The average molecular weight is 315 g/mol. The van der Waals surface area contributed by atoms with Gasteiger partial charge in [0.05, 0.1) is 12.3 Å². The predicted molar refractivity (Wildman–Crippen MR) is 81.7 cm³/mol. The number of carbonyl (C=O) groups excluding carboxylic acids is 1. The van der Waals surface area contributed by atoms with Gasteiger partial charge in [0.1, 0.15) is 0 Å². The Balaban J connectivity index is 2.81. The molecule has 118 valence electrons. The molecule has 1 aromatic rings. The average Bonchev–Trinajstić information content (AvgIpc) is 2.46. The number of carbonyl (C=O) groups is 1. The molecule has 0 aromatic heterocycles. The summed E-state index contributed by atoms with van der Waals surface area (Å²) in [5, 5.41) is 2.69. The lowest BCUT2D eigenvalue weighted by atomic mass is 10.2. The molecule has 0 saturated heterocycles. The van der Waals surface area contributed by atoms with E-state index in [0.717, 1.165) is 8.61 Å². The van der Waals surface area contributed by atoms with Crippen molar-refractivity contribution in [1.29, 1.82) is 0 Å². The Morgan fingerprint density at radius 3 is 2.24 bits per heavy atom. The van der Waals surface area contributed by atoms with Crippen molar-refractivity contribution in [3.8, 4) is 0 Å². The first kappa shape index (κ1) is 17.4. The molecule has 0 unspecified atom stereocenters. The van der Waals surface area contributed by atoms with Gasteiger partial charge in [-0.2, -0.15) is 12.7 Å². The fraction of sp³-hybridized carbons (Fsp3) is 0.462. The summed E-state index contributed by atoms with van der Waals surface area (Å²) in [6.07, 6.45) is 0. The number of ether oxygens (including phenoxy) is 1. The third kappa shape index (κ3) is 4.42. The van der Waals surface area contributed by atoms with E-state index >= 15 is 0 Å². The van der Waals surface area contributed by atoms with Gasteiger partial charge >= 0.3 is 10.2 Å². The van der Waals surface area contributed by atoms with Crippen LogP contribution in [-0.2, 0) is 14.9 Å². The smallest absolute Gasteiger partial charge is 0.303 e. The number of amides is 1. The molecule has 1 amide bonds. The predicted octanol–water partition coefficient (Wildman–Crippen LogP) is 0.305. The van der Waals surface area contributed by atoms with Gasteiger partial charge in [0.15, 0.2) is 0 Å². The first-order valence-corrected chi connectivity index (χ1v) is 7.74. The van der Waals surface area contributed by atoms with Crippen molar-refractivity contribution < 1.29 is 17.9 Å². The fourth-order valence-corrected chi connectivity index (χ4v) is 2.45. The fourth-order valence-electron chi connectivity index (χ4n) is 1.57. The van der Waals surface area contributed by atoms with Crippen molar-refractivity contribution in [2.24, 2.45) is 0 Å². The van der Waals surface area contributed by atoms with Gasteiger partial charge in [0, 0.05) is 40.4 Å². The SMILES string of the molecule is COCCNC(=O)c1ccc(N(C)S(=O)(=O)N(C)C)cc1. The van der Waals surface area contributed by atoms with Crippen LogP contribution in [-0.4, -0.2) is 60.0 Å². The monoisotopic (exact) mass is 315 g/mol. The summed E-state index contributed by atoms with van der Waals surface area (Å²) in [5.41, 5.74) is 0.947. The highest BCUT2D eigenvalue weighted by Gasteiger charge is 2.20. The molecule has 0 aliphatic carbocycles. The van der Waals surface area contributed by atoms with Crippen molar-refractivity contribution in [1.82, 2.24) is 9.62 Å². The van der Waals surface area contributed by atoms with Gasteiger partial charge in [0.2, 0.25) is 0 Å². The van der Waals surface area contributed by atoms with Crippen molar-refractivity contribution in [3.63, 3.8) is 0 Å². The van der Waals surface area contributed by atoms with Crippen molar-refractivity contribution in [2.75, 3.05) is 45.7 Å². The lowest BCUT2D eigenvalue weighted by Gasteiger charge is -2.23. The number of rotatable bonds is 7. The van der Waals surface area contributed by atoms with Crippen molar-refractivity contribution >= 4 is 21.8 Å². The van der Waals surface area contributed by atoms with Crippen LogP contribution < -0.4 is 9.62 Å². The third-order valence-electron chi connectivity index (χ3n) is 2.89. The Labute approximate surface area is 125 Å². The van der Waals surface area contributed by atoms with Crippen LogP contribution in [0.15, 0.2) is 24.3 Å². The number of nitrogens with zero attached hydrogens (tertiary/aromatic N) is 2. The first-order valence-electron chi connectivity index (χ1n) is 6.34. The maximum atomic E-state index is 12.0. The molecule has 0 saturated carbocycles. The third-order valence-corrected chi connectivity index (χ3v) is 4.72. The molecule has 0 heterocycles. The molecule has 1 aromatic carbocycles. The Morgan fingerprint density at radius 2 is 1.76 bits per heavy atom. The minimum absolute atomic E-state index is 0.225. The number of hydrogen-bond acceptors (Lipinski definition) is 4. The highest BCUT2D eigenvalue weighted by molar-refractivity contribution is 7.90. The van der Waals surface area contributed by atoms with Gasteiger partial charge in [-0.05, 0) is 24.3 Å². The molecule has 1 rings (SSSR count). The number of benzene rings is 1. The molecular formula is C13H21N3O4S. The molecule has 0 fully saturated rings. The second-order valence-corrected chi connectivity index (χ2v) is 6.73. The van der Waals surface area contributed by atoms with Crippen LogP contribution in [0.3, 0.4) is 0 Å². The van der Waals surface area contributed by atoms with Gasteiger partial charge in [-0.3, -0.25) is 9.10 Å². The maximum absolute atomic E-state index is 12.0. The zero-order valence-electron chi connectivity index (χ0n) is 12.7. The summed E-state index contributed by atoms with van der Waals surface area (Å²) in [7, 11) is 2.41. The van der Waals surface area contributed by atoms with Crippen LogP contribution >= 0.6 is 0 Å². The molecule has 7 nitrogen and oxygen atoms in total. The Hall–Kier alpha value is -1.64. The van der Waals surface area contributed by atoms with E-state index in [1.165, 1.54) is 21.1 Å². The van der Waals surface area contributed by atoms with E-state index in [9.17, 15) is 13.2 Å².